The van der Waals surface area contributed by atoms with Crippen LogP contribution < -0.4 is 16.3 Å². The van der Waals surface area contributed by atoms with Crippen LogP contribution >= 0.6 is 0 Å². The van der Waals surface area contributed by atoms with Gasteiger partial charge in [-0.05, 0) is 36.8 Å². The molecule has 0 unspecified atom stereocenters. The minimum atomic E-state index is -1.04. The maximum Gasteiger partial charge on any atom is 0.335 e. The smallest absolute Gasteiger partial charge is 0.335 e. The Morgan fingerprint density at radius 2 is 1.95 bits per heavy atom. The number of carbonyl (C=O) groups excluding carboxylic acids is 1. The van der Waals surface area contributed by atoms with Gasteiger partial charge in [-0.15, -0.1) is 0 Å². The predicted octanol–water partition coefficient (Wildman–Crippen LogP) is -0.416. The van der Waals surface area contributed by atoms with E-state index in [0.29, 0.717) is 16.5 Å². The first kappa shape index (κ1) is 13.0. The summed E-state index contributed by atoms with van der Waals surface area (Å²) in [5.41, 5.74) is 1.23. The van der Waals surface area contributed by atoms with Gasteiger partial charge in [0, 0.05) is 0 Å². The topological polar surface area (TPSA) is 105 Å². The van der Waals surface area contributed by atoms with Gasteiger partial charge >= 0.3 is 5.97 Å². The minimum Gasteiger partial charge on any atom is -0.478 e. The summed E-state index contributed by atoms with van der Waals surface area (Å²) in [5.74, 6) is -1.33. The van der Waals surface area contributed by atoms with Gasteiger partial charge in [0.25, 0.3) is 11.5 Å². The molecule has 0 spiro atoms. The third kappa shape index (κ3) is 2.08. The molecule has 0 bridgehead atoms. The fourth-order valence-electron chi connectivity index (χ4n) is 2.31. The second kappa shape index (κ2) is 4.55. The van der Waals surface area contributed by atoms with E-state index in [2.05, 4.69) is 10.1 Å². The summed E-state index contributed by atoms with van der Waals surface area (Å²) in [6.45, 7) is 1.72. The number of nitrogens with zero attached hydrogens (tertiary/aromatic N) is 2. The predicted molar refractivity (Wildman–Crippen MR) is 72.8 cm³/mol. The van der Waals surface area contributed by atoms with Crippen LogP contribution in [0.3, 0.4) is 0 Å². The van der Waals surface area contributed by atoms with Crippen LogP contribution in [0, 0.1) is 0 Å². The number of nitrogens with one attached hydrogen (secondary N) is 1. The van der Waals surface area contributed by atoms with Crippen molar-refractivity contribution in [1.29, 1.82) is 0 Å². The van der Waals surface area contributed by atoms with Crippen molar-refractivity contribution in [3.63, 3.8) is 0 Å². The molecule has 1 aliphatic rings. The lowest BCUT2D eigenvalue weighted by atomic mass is 10.1. The molecule has 7 heteroatoms. The fraction of sp³-hybridized carbons (Fsp3) is 0.143. The molecule has 1 aromatic carbocycles. The van der Waals surface area contributed by atoms with E-state index in [0.717, 1.165) is 0 Å². The minimum absolute atomic E-state index is 0.130. The zero-order valence-electron chi connectivity index (χ0n) is 11.1. The van der Waals surface area contributed by atoms with Crippen molar-refractivity contribution in [2.24, 2.45) is 4.99 Å². The number of carboxylic acids is 1. The zero-order valence-corrected chi connectivity index (χ0v) is 11.1. The molecule has 106 valence electrons. The van der Waals surface area contributed by atoms with E-state index in [1.807, 2.05) is 0 Å². The fourth-order valence-corrected chi connectivity index (χ4v) is 2.31. The molecule has 3 rings (SSSR count). The number of benzene rings is 1. The Morgan fingerprint density at radius 1 is 1.29 bits per heavy atom. The van der Waals surface area contributed by atoms with E-state index in [1.54, 1.807) is 6.92 Å². The van der Waals surface area contributed by atoms with E-state index < -0.39 is 5.97 Å². The van der Waals surface area contributed by atoms with Crippen LogP contribution in [-0.4, -0.2) is 26.8 Å². The second-order valence-corrected chi connectivity index (χ2v) is 4.79. The zero-order chi connectivity index (χ0) is 15.1. The number of amides is 1. The number of hydrogen-bond donors (Lipinski definition) is 2. The summed E-state index contributed by atoms with van der Waals surface area (Å²) < 4.78 is 1.25. The summed E-state index contributed by atoms with van der Waals surface area (Å²) in [7, 11) is 0. The lowest BCUT2D eigenvalue weighted by Crippen LogP contribution is -2.39. The van der Waals surface area contributed by atoms with Crippen molar-refractivity contribution in [3.8, 4) is 5.69 Å². The summed E-state index contributed by atoms with van der Waals surface area (Å²) in [6.07, 6.45) is 0.137. The quantitative estimate of drug-likeness (QED) is 0.782. The van der Waals surface area contributed by atoms with Crippen molar-refractivity contribution in [2.45, 2.75) is 13.3 Å². The monoisotopic (exact) mass is 285 g/mol. The van der Waals surface area contributed by atoms with E-state index >= 15 is 0 Å². The number of aromatic amines is 1. The third-order valence-electron chi connectivity index (χ3n) is 3.32. The molecule has 0 saturated heterocycles. The summed E-state index contributed by atoms with van der Waals surface area (Å²) in [5, 5.41) is 12.0. The van der Waals surface area contributed by atoms with E-state index in [9.17, 15) is 14.4 Å². The number of carbonyl (C=O) groups is 2. The van der Waals surface area contributed by atoms with Gasteiger partial charge in [0.1, 0.15) is 0 Å². The maximum atomic E-state index is 12.4. The SMILES string of the molecule is CC1=c2c([nH]n(-c3ccc(C(=O)O)cc3)c2=O)=NC(=O)C1. The molecule has 0 aliphatic carbocycles. The Labute approximate surface area is 117 Å². The molecule has 21 heavy (non-hydrogen) atoms. The van der Waals surface area contributed by atoms with E-state index in [-0.39, 0.29) is 28.9 Å². The van der Waals surface area contributed by atoms with Crippen molar-refractivity contribution in [2.75, 3.05) is 0 Å². The van der Waals surface area contributed by atoms with E-state index in [1.165, 1.54) is 28.9 Å². The Kier molecular flexibility index (Phi) is 2.83. The number of aromatic nitrogens is 2. The second-order valence-electron chi connectivity index (χ2n) is 4.79. The molecule has 0 saturated carbocycles. The van der Waals surface area contributed by atoms with Crippen LogP contribution in [0.25, 0.3) is 11.3 Å². The van der Waals surface area contributed by atoms with Crippen LogP contribution in [0.15, 0.2) is 34.1 Å². The van der Waals surface area contributed by atoms with Gasteiger partial charge in [-0.3, -0.25) is 14.7 Å². The van der Waals surface area contributed by atoms with Gasteiger partial charge in [0.05, 0.1) is 22.9 Å². The third-order valence-corrected chi connectivity index (χ3v) is 3.32. The number of rotatable bonds is 2. The largest absolute Gasteiger partial charge is 0.478 e. The summed E-state index contributed by atoms with van der Waals surface area (Å²) in [6, 6.07) is 5.85. The Balaban J connectivity index is 2.22. The van der Waals surface area contributed by atoms with Crippen molar-refractivity contribution in [1.82, 2.24) is 9.78 Å². The first-order valence-electron chi connectivity index (χ1n) is 6.23. The molecule has 1 aromatic heterocycles. The highest BCUT2D eigenvalue weighted by Gasteiger charge is 2.15. The van der Waals surface area contributed by atoms with E-state index in [4.69, 9.17) is 5.11 Å². The Hall–Kier alpha value is -2.96. The molecule has 2 heterocycles. The first-order valence-corrected chi connectivity index (χ1v) is 6.23. The number of carboxylic acid groups (broad SMARTS) is 1. The molecule has 0 radical (unpaired) electrons. The van der Waals surface area contributed by atoms with Crippen molar-refractivity contribution in [3.05, 3.63) is 50.9 Å². The van der Waals surface area contributed by atoms with Gasteiger partial charge in [-0.25, -0.2) is 9.48 Å². The maximum absolute atomic E-state index is 12.4. The average molecular weight is 285 g/mol. The average Bonchev–Trinajstić information content (AvgIpc) is 2.76. The van der Waals surface area contributed by atoms with Gasteiger partial charge in [0.15, 0.2) is 5.49 Å². The van der Waals surface area contributed by atoms with Gasteiger partial charge in [-0.1, -0.05) is 0 Å². The highest BCUT2D eigenvalue weighted by Crippen LogP contribution is 2.07. The van der Waals surface area contributed by atoms with Crippen LogP contribution in [0.5, 0.6) is 0 Å². The lowest BCUT2D eigenvalue weighted by molar-refractivity contribution is -0.117. The Morgan fingerprint density at radius 3 is 2.57 bits per heavy atom. The van der Waals surface area contributed by atoms with Crippen molar-refractivity contribution >= 4 is 17.4 Å². The lowest BCUT2D eigenvalue weighted by Gasteiger charge is -2.01. The normalized spacial score (nSPS) is 13.8. The van der Waals surface area contributed by atoms with Gasteiger partial charge in [-0.2, -0.15) is 4.99 Å². The number of aromatic carboxylic acids is 1. The number of H-pyrrole nitrogens is 1. The van der Waals surface area contributed by atoms with Gasteiger partial charge in [0.2, 0.25) is 0 Å². The standard InChI is InChI=1S/C14H11N3O4/c1-7-6-10(18)15-12-11(7)13(19)17(16-12)9-4-2-8(3-5-9)14(20)21/h2-5H,6H2,1H3,(H,20,21)(H,15,16,18). The number of hydrogen-bond acceptors (Lipinski definition) is 3. The highest BCUT2D eigenvalue weighted by molar-refractivity contribution is 5.87. The molecule has 0 fully saturated rings. The van der Waals surface area contributed by atoms with Crippen LogP contribution in [0.2, 0.25) is 0 Å². The molecule has 1 aliphatic heterocycles. The highest BCUT2D eigenvalue weighted by atomic mass is 16.4. The molecule has 7 nitrogen and oxygen atoms in total. The summed E-state index contributed by atoms with van der Waals surface area (Å²) in [4.78, 5) is 38.4. The van der Waals surface area contributed by atoms with Crippen LogP contribution in [0.4, 0.5) is 0 Å². The molecular weight excluding hydrogens is 274 g/mol. The first-order chi connectivity index (χ1) is 9.97. The molecular formula is C14H11N3O4. The molecule has 2 N–H and O–H groups in total. The molecule has 2 aromatic rings. The van der Waals surface area contributed by atoms with Crippen LogP contribution in [-0.2, 0) is 4.79 Å². The van der Waals surface area contributed by atoms with Gasteiger partial charge < -0.3 is 5.11 Å². The molecule has 1 amide bonds. The summed E-state index contributed by atoms with van der Waals surface area (Å²) >= 11 is 0. The Bertz CT molecular complexity index is 932. The molecule has 0 atom stereocenters. The van der Waals surface area contributed by atoms with Crippen molar-refractivity contribution < 1.29 is 14.7 Å². The van der Waals surface area contributed by atoms with Crippen LogP contribution in [0.1, 0.15) is 23.7 Å². The number of fused-ring (bicyclic) bond motifs is 1.